The van der Waals surface area contributed by atoms with Crippen molar-refractivity contribution in [1.82, 2.24) is 4.90 Å². The normalized spacial score (nSPS) is 21.1. The predicted molar refractivity (Wildman–Crippen MR) is 59.9 cm³/mol. The van der Waals surface area contributed by atoms with Crippen molar-refractivity contribution in [2.75, 3.05) is 19.6 Å². The standard InChI is InChI=1S/C10H19NO2S/c1-10(2,14)7-11-5-3-8(4-6-11)9(12)13/h8,14H,3-7H2,1-2H3,(H,12,13). The number of thiol groups is 1. The summed E-state index contributed by atoms with van der Waals surface area (Å²) in [5.41, 5.74) is 0. The van der Waals surface area contributed by atoms with E-state index < -0.39 is 5.97 Å². The lowest BCUT2D eigenvalue weighted by Gasteiger charge is -2.34. The minimum absolute atomic E-state index is 0.00998. The van der Waals surface area contributed by atoms with Crippen LogP contribution < -0.4 is 0 Å². The molecule has 1 aliphatic heterocycles. The van der Waals surface area contributed by atoms with Gasteiger partial charge >= 0.3 is 5.97 Å². The number of carboxylic acids is 1. The number of carbonyl (C=O) groups is 1. The van der Waals surface area contributed by atoms with E-state index in [9.17, 15) is 4.79 Å². The summed E-state index contributed by atoms with van der Waals surface area (Å²) >= 11 is 4.47. The van der Waals surface area contributed by atoms with Crippen molar-refractivity contribution < 1.29 is 9.90 Å². The number of piperidine rings is 1. The van der Waals surface area contributed by atoms with Crippen LogP contribution in [0.3, 0.4) is 0 Å². The van der Waals surface area contributed by atoms with Crippen molar-refractivity contribution in [2.45, 2.75) is 31.4 Å². The first-order valence-electron chi connectivity index (χ1n) is 5.06. The molecule has 1 saturated heterocycles. The van der Waals surface area contributed by atoms with Gasteiger partial charge in [-0.25, -0.2) is 0 Å². The summed E-state index contributed by atoms with van der Waals surface area (Å²) in [5, 5.41) is 8.82. The summed E-state index contributed by atoms with van der Waals surface area (Å²) in [7, 11) is 0. The molecule has 1 fully saturated rings. The van der Waals surface area contributed by atoms with E-state index in [1.165, 1.54) is 0 Å². The van der Waals surface area contributed by atoms with Crippen LogP contribution in [0, 0.1) is 5.92 Å². The number of hydrogen-bond donors (Lipinski definition) is 2. The Bertz CT molecular complexity index is 205. The second kappa shape index (κ2) is 4.53. The quantitative estimate of drug-likeness (QED) is 0.704. The second-order valence-electron chi connectivity index (χ2n) is 4.70. The minimum atomic E-state index is -0.644. The summed E-state index contributed by atoms with van der Waals surface area (Å²) in [4.78, 5) is 13.0. The third-order valence-corrected chi connectivity index (χ3v) is 2.69. The zero-order valence-electron chi connectivity index (χ0n) is 8.86. The maximum absolute atomic E-state index is 10.7. The number of hydrogen-bond acceptors (Lipinski definition) is 3. The predicted octanol–water partition coefficient (Wildman–Crippen LogP) is 1.49. The lowest BCUT2D eigenvalue weighted by atomic mass is 9.96. The first-order chi connectivity index (χ1) is 6.38. The number of carboxylic acid groups (broad SMARTS) is 1. The summed E-state index contributed by atoms with van der Waals surface area (Å²) in [5.74, 6) is -0.774. The number of likely N-dealkylation sites (tertiary alicyclic amines) is 1. The fourth-order valence-corrected chi connectivity index (χ4v) is 2.09. The van der Waals surface area contributed by atoms with Crippen LogP contribution in [0.25, 0.3) is 0 Å². The summed E-state index contributed by atoms with van der Waals surface area (Å²) in [6, 6.07) is 0. The highest BCUT2D eigenvalue weighted by Gasteiger charge is 2.26. The SMILES string of the molecule is CC(C)(S)CN1CCC(C(=O)O)CC1. The lowest BCUT2D eigenvalue weighted by Crippen LogP contribution is -2.42. The monoisotopic (exact) mass is 217 g/mol. The molecule has 14 heavy (non-hydrogen) atoms. The highest BCUT2D eigenvalue weighted by molar-refractivity contribution is 7.81. The molecular weight excluding hydrogens is 198 g/mol. The summed E-state index contributed by atoms with van der Waals surface area (Å²) in [6.45, 7) is 6.88. The van der Waals surface area contributed by atoms with E-state index in [1.54, 1.807) is 0 Å². The van der Waals surface area contributed by atoms with Gasteiger partial charge in [0.1, 0.15) is 0 Å². The zero-order valence-corrected chi connectivity index (χ0v) is 9.76. The maximum atomic E-state index is 10.7. The molecule has 0 saturated carbocycles. The second-order valence-corrected chi connectivity index (χ2v) is 5.91. The topological polar surface area (TPSA) is 40.5 Å². The van der Waals surface area contributed by atoms with Crippen molar-refractivity contribution in [1.29, 1.82) is 0 Å². The van der Waals surface area contributed by atoms with Crippen LogP contribution in [0.4, 0.5) is 0 Å². The van der Waals surface area contributed by atoms with E-state index in [0.717, 1.165) is 32.5 Å². The lowest BCUT2D eigenvalue weighted by molar-refractivity contribution is -0.143. The Morgan fingerprint density at radius 3 is 2.36 bits per heavy atom. The van der Waals surface area contributed by atoms with E-state index in [-0.39, 0.29) is 10.7 Å². The largest absolute Gasteiger partial charge is 0.481 e. The van der Waals surface area contributed by atoms with Gasteiger partial charge in [-0.05, 0) is 39.8 Å². The fourth-order valence-electron chi connectivity index (χ4n) is 1.89. The van der Waals surface area contributed by atoms with Crippen LogP contribution >= 0.6 is 12.6 Å². The van der Waals surface area contributed by atoms with Crippen molar-refractivity contribution in [2.24, 2.45) is 5.92 Å². The van der Waals surface area contributed by atoms with Crippen LogP contribution in [0.15, 0.2) is 0 Å². The first kappa shape index (κ1) is 11.9. The highest BCUT2D eigenvalue weighted by atomic mass is 32.1. The molecule has 3 nitrogen and oxygen atoms in total. The molecule has 0 amide bonds. The number of rotatable bonds is 3. The molecule has 1 N–H and O–H groups in total. The molecule has 4 heteroatoms. The van der Waals surface area contributed by atoms with Gasteiger partial charge in [0, 0.05) is 11.3 Å². The Labute approximate surface area is 90.9 Å². The van der Waals surface area contributed by atoms with Crippen molar-refractivity contribution in [3.63, 3.8) is 0 Å². The van der Waals surface area contributed by atoms with Crippen LogP contribution in [0.1, 0.15) is 26.7 Å². The third kappa shape index (κ3) is 3.88. The van der Waals surface area contributed by atoms with Gasteiger partial charge in [0.2, 0.25) is 0 Å². The Balaban J connectivity index is 2.33. The summed E-state index contributed by atoms with van der Waals surface area (Å²) in [6.07, 6.45) is 1.55. The smallest absolute Gasteiger partial charge is 0.306 e. The molecule has 0 aromatic carbocycles. The molecule has 0 aromatic heterocycles. The molecule has 0 aromatic rings. The Kier molecular flexibility index (Phi) is 3.84. The summed E-state index contributed by atoms with van der Waals surface area (Å²) < 4.78 is 0.00998. The molecule has 0 bridgehead atoms. The molecule has 0 atom stereocenters. The number of aliphatic carboxylic acids is 1. The van der Waals surface area contributed by atoms with Crippen LogP contribution in [0.5, 0.6) is 0 Å². The van der Waals surface area contributed by atoms with Gasteiger partial charge in [0.25, 0.3) is 0 Å². The van der Waals surface area contributed by atoms with E-state index in [0.29, 0.717) is 0 Å². The van der Waals surface area contributed by atoms with E-state index in [1.807, 2.05) is 0 Å². The van der Waals surface area contributed by atoms with Crippen molar-refractivity contribution in [3.8, 4) is 0 Å². The maximum Gasteiger partial charge on any atom is 0.306 e. The molecule has 0 radical (unpaired) electrons. The average Bonchev–Trinajstić information content (AvgIpc) is 2.02. The van der Waals surface area contributed by atoms with E-state index in [2.05, 4.69) is 31.4 Å². The molecular formula is C10H19NO2S. The van der Waals surface area contributed by atoms with Crippen molar-refractivity contribution in [3.05, 3.63) is 0 Å². The van der Waals surface area contributed by atoms with E-state index >= 15 is 0 Å². The van der Waals surface area contributed by atoms with Crippen LogP contribution in [-0.4, -0.2) is 40.4 Å². The van der Waals surface area contributed by atoms with Crippen LogP contribution in [-0.2, 0) is 4.79 Å². The molecule has 0 spiro atoms. The molecule has 82 valence electrons. The molecule has 0 aliphatic carbocycles. The van der Waals surface area contributed by atoms with Gasteiger partial charge in [-0.15, -0.1) is 0 Å². The minimum Gasteiger partial charge on any atom is -0.481 e. The molecule has 1 aliphatic rings. The van der Waals surface area contributed by atoms with Gasteiger partial charge in [-0.2, -0.15) is 12.6 Å². The van der Waals surface area contributed by atoms with Gasteiger partial charge < -0.3 is 10.0 Å². The molecule has 1 heterocycles. The van der Waals surface area contributed by atoms with Gasteiger partial charge in [-0.3, -0.25) is 4.79 Å². The zero-order chi connectivity index (χ0) is 10.8. The van der Waals surface area contributed by atoms with Gasteiger partial charge in [0.05, 0.1) is 5.92 Å². The van der Waals surface area contributed by atoms with Crippen LogP contribution in [0.2, 0.25) is 0 Å². The first-order valence-corrected chi connectivity index (χ1v) is 5.51. The Morgan fingerprint density at radius 2 is 2.00 bits per heavy atom. The molecule has 1 rings (SSSR count). The highest BCUT2D eigenvalue weighted by Crippen LogP contribution is 2.21. The van der Waals surface area contributed by atoms with Crippen molar-refractivity contribution >= 4 is 18.6 Å². The number of nitrogens with zero attached hydrogens (tertiary/aromatic N) is 1. The van der Waals surface area contributed by atoms with E-state index in [4.69, 9.17) is 5.11 Å². The third-order valence-electron chi connectivity index (χ3n) is 2.55. The Hall–Kier alpha value is -0.220. The Morgan fingerprint density at radius 1 is 1.50 bits per heavy atom. The fraction of sp³-hybridized carbons (Fsp3) is 0.900. The average molecular weight is 217 g/mol. The van der Waals surface area contributed by atoms with Gasteiger partial charge in [0.15, 0.2) is 0 Å². The van der Waals surface area contributed by atoms with Gasteiger partial charge in [-0.1, -0.05) is 0 Å². The molecule has 0 unspecified atom stereocenters.